The second-order valence-corrected chi connectivity index (χ2v) is 7.91. The topological polar surface area (TPSA) is 52.6 Å². The van der Waals surface area contributed by atoms with Crippen LogP contribution in [0, 0.1) is 5.92 Å². The molecule has 2 rings (SSSR count). The summed E-state index contributed by atoms with van der Waals surface area (Å²) in [5.74, 6) is 0.0546. The lowest BCUT2D eigenvalue weighted by Gasteiger charge is -2.21. The van der Waals surface area contributed by atoms with E-state index in [9.17, 15) is 9.59 Å². The molecular weight excluding hydrogens is 352 g/mol. The van der Waals surface area contributed by atoms with Crippen LogP contribution >= 0.6 is 0 Å². The Hall–Kier alpha value is -1.84. The number of ether oxygens (including phenoxy) is 2. The van der Waals surface area contributed by atoms with Crippen molar-refractivity contribution >= 4 is 11.9 Å². The van der Waals surface area contributed by atoms with Crippen molar-refractivity contribution in [2.75, 3.05) is 13.2 Å². The maximum Gasteiger partial charge on any atom is 0.338 e. The fourth-order valence-electron chi connectivity index (χ4n) is 3.75. The number of esters is 2. The number of unbranched alkanes of at least 4 members (excludes halogenated alkanes) is 5. The first kappa shape index (κ1) is 22.4. The molecule has 0 spiro atoms. The largest absolute Gasteiger partial charge is 0.462 e. The van der Waals surface area contributed by atoms with E-state index in [1.54, 1.807) is 24.3 Å². The molecule has 0 aromatic heterocycles. The van der Waals surface area contributed by atoms with Gasteiger partial charge in [0.15, 0.2) is 0 Å². The summed E-state index contributed by atoms with van der Waals surface area (Å²) < 4.78 is 10.7. The van der Waals surface area contributed by atoms with Gasteiger partial charge >= 0.3 is 11.9 Å². The molecule has 156 valence electrons. The summed E-state index contributed by atoms with van der Waals surface area (Å²) in [5, 5.41) is 0. The normalized spacial score (nSPS) is 14.6. The van der Waals surface area contributed by atoms with Gasteiger partial charge in [-0.25, -0.2) is 9.59 Å². The Bertz CT molecular complexity index is 573. The molecule has 0 amide bonds. The van der Waals surface area contributed by atoms with Gasteiger partial charge in [0, 0.05) is 0 Å². The fourth-order valence-corrected chi connectivity index (χ4v) is 3.75. The van der Waals surface area contributed by atoms with Crippen molar-refractivity contribution in [3.8, 4) is 0 Å². The van der Waals surface area contributed by atoms with Crippen molar-refractivity contribution in [1.29, 1.82) is 0 Å². The number of hydrogen-bond acceptors (Lipinski definition) is 4. The van der Waals surface area contributed by atoms with E-state index in [0.717, 1.165) is 19.3 Å². The molecule has 0 saturated heterocycles. The van der Waals surface area contributed by atoms with Crippen LogP contribution in [0.25, 0.3) is 0 Å². The predicted octanol–water partition coefficient (Wildman–Crippen LogP) is 6.33. The van der Waals surface area contributed by atoms with E-state index >= 15 is 0 Å². The second-order valence-electron chi connectivity index (χ2n) is 7.91. The monoisotopic (exact) mass is 388 g/mol. The quantitative estimate of drug-likeness (QED) is 0.310. The maximum atomic E-state index is 12.1. The number of rotatable bonds is 12. The Morgan fingerprint density at radius 2 is 1.32 bits per heavy atom. The molecule has 4 nitrogen and oxygen atoms in total. The highest BCUT2D eigenvalue weighted by Gasteiger charge is 2.15. The average Bonchev–Trinajstić information content (AvgIpc) is 2.73. The van der Waals surface area contributed by atoms with Gasteiger partial charge in [-0.15, -0.1) is 0 Å². The van der Waals surface area contributed by atoms with Gasteiger partial charge in [0.25, 0.3) is 0 Å². The molecule has 0 unspecified atom stereocenters. The van der Waals surface area contributed by atoms with Crippen LogP contribution in [0.1, 0.15) is 105 Å². The lowest BCUT2D eigenvalue weighted by atomic mass is 9.87. The molecule has 1 aromatic rings. The van der Waals surface area contributed by atoms with Gasteiger partial charge < -0.3 is 9.47 Å². The minimum atomic E-state index is -0.328. The molecule has 0 radical (unpaired) electrons. The molecule has 0 aliphatic heterocycles. The Labute approximate surface area is 170 Å². The van der Waals surface area contributed by atoms with Gasteiger partial charge in [0.1, 0.15) is 0 Å². The predicted molar refractivity (Wildman–Crippen MR) is 112 cm³/mol. The first-order valence-corrected chi connectivity index (χ1v) is 11.1. The van der Waals surface area contributed by atoms with Crippen LogP contribution in [0.3, 0.4) is 0 Å². The number of hydrogen-bond donors (Lipinski definition) is 0. The Kier molecular flexibility index (Phi) is 10.7. The summed E-state index contributed by atoms with van der Waals surface area (Å²) >= 11 is 0. The van der Waals surface area contributed by atoms with Gasteiger partial charge in [-0.1, -0.05) is 71.1 Å². The van der Waals surface area contributed by atoms with Gasteiger partial charge in [-0.05, 0) is 43.0 Å². The lowest BCUT2D eigenvalue weighted by Crippen LogP contribution is -2.13. The SMILES string of the molecule is CCCCCCCCOC(=O)c1ccc(C(=O)OCCC2CCCCC2)cc1. The highest BCUT2D eigenvalue weighted by Crippen LogP contribution is 2.26. The van der Waals surface area contributed by atoms with E-state index in [0.29, 0.717) is 30.3 Å². The smallest absolute Gasteiger partial charge is 0.338 e. The van der Waals surface area contributed by atoms with Crippen molar-refractivity contribution in [2.45, 2.75) is 84.0 Å². The van der Waals surface area contributed by atoms with E-state index < -0.39 is 0 Å². The van der Waals surface area contributed by atoms with Gasteiger partial charge in [-0.3, -0.25) is 0 Å². The summed E-state index contributed by atoms with van der Waals surface area (Å²) in [6, 6.07) is 6.57. The third-order valence-corrected chi connectivity index (χ3v) is 5.57. The van der Waals surface area contributed by atoms with E-state index in [-0.39, 0.29) is 11.9 Å². The van der Waals surface area contributed by atoms with E-state index in [4.69, 9.17) is 9.47 Å². The zero-order valence-electron chi connectivity index (χ0n) is 17.4. The average molecular weight is 389 g/mol. The standard InChI is InChI=1S/C24H36O4/c1-2-3-4-5-6-10-18-27-23(25)21-13-15-22(16-14-21)24(26)28-19-17-20-11-8-7-9-12-20/h13-16,20H,2-12,17-19H2,1H3. The van der Waals surface area contributed by atoms with Crippen LogP contribution in [-0.4, -0.2) is 25.2 Å². The van der Waals surface area contributed by atoms with E-state index in [2.05, 4.69) is 6.92 Å². The lowest BCUT2D eigenvalue weighted by molar-refractivity contribution is 0.0467. The van der Waals surface area contributed by atoms with E-state index in [1.807, 2.05) is 0 Å². The Morgan fingerprint density at radius 3 is 1.93 bits per heavy atom. The van der Waals surface area contributed by atoms with Crippen LogP contribution in [-0.2, 0) is 9.47 Å². The van der Waals surface area contributed by atoms with Crippen LogP contribution in [0.4, 0.5) is 0 Å². The number of carbonyl (C=O) groups excluding carboxylic acids is 2. The Balaban J connectivity index is 1.64. The minimum Gasteiger partial charge on any atom is -0.462 e. The van der Waals surface area contributed by atoms with Crippen molar-refractivity contribution < 1.29 is 19.1 Å². The number of carbonyl (C=O) groups is 2. The van der Waals surface area contributed by atoms with E-state index in [1.165, 1.54) is 57.8 Å². The van der Waals surface area contributed by atoms with Crippen LogP contribution in [0.5, 0.6) is 0 Å². The number of benzene rings is 1. The molecule has 1 aliphatic carbocycles. The van der Waals surface area contributed by atoms with Gasteiger partial charge in [0.2, 0.25) is 0 Å². The molecule has 0 atom stereocenters. The fraction of sp³-hybridized carbons (Fsp3) is 0.667. The third kappa shape index (κ3) is 8.45. The van der Waals surface area contributed by atoms with Crippen molar-refractivity contribution in [3.63, 3.8) is 0 Å². The molecule has 4 heteroatoms. The van der Waals surface area contributed by atoms with Crippen LogP contribution in [0.2, 0.25) is 0 Å². The molecule has 0 heterocycles. The zero-order valence-corrected chi connectivity index (χ0v) is 17.4. The van der Waals surface area contributed by atoms with Gasteiger partial charge in [-0.2, -0.15) is 0 Å². The minimum absolute atomic E-state index is 0.317. The van der Waals surface area contributed by atoms with Crippen LogP contribution < -0.4 is 0 Å². The highest BCUT2D eigenvalue weighted by atomic mass is 16.5. The first-order chi connectivity index (χ1) is 13.7. The van der Waals surface area contributed by atoms with Crippen LogP contribution in [0.15, 0.2) is 24.3 Å². The first-order valence-electron chi connectivity index (χ1n) is 11.1. The summed E-state index contributed by atoms with van der Waals surface area (Å²) in [5.41, 5.74) is 0.959. The summed E-state index contributed by atoms with van der Waals surface area (Å²) in [7, 11) is 0. The second kappa shape index (κ2) is 13.4. The summed E-state index contributed by atoms with van der Waals surface area (Å²) in [6.07, 6.45) is 14.4. The van der Waals surface area contributed by atoms with Crippen molar-refractivity contribution in [1.82, 2.24) is 0 Å². The summed E-state index contributed by atoms with van der Waals surface area (Å²) in [4.78, 5) is 24.2. The molecule has 0 bridgehead atoms. The zero-order chi connectivity index (χ0) is 20.0. The maximum absolute atomic E-state index is 12.1. The Morgan fingerprint density at radius 1 is 0.786 bits per heavy atom. The molecular formula is C24H36O4. The molecule has 1 saturated carbocycles. The molecule has 0 N–H and O–H groups in total. The summed E-state index contributed by atoms with van der Waals surface area (Å²) in [6.45, 7) is 3.13. The molecule has 1 fully saturated rings. The van der Waals surface area contributed by atoms with Crippen molar-refractivity contribution in [2.24, 2.45) is 5.92 Å². The molecule has 1 aliphatic rings. The molecule has 1 aromatic carbocycles. The van der Waals surface area contributed by atoms with Crippen molar-refractivity contribution in [3.05, 3.63) is 35.4 Å². The van der Waals surface area contributed by atoms with Gasteiger partial charge in [0.05, 0.1) is 24.3 Å². The third-order valence-electron chi connectivity index (χ3n) is 5.57. The molecule has 28 heavy (non-hydrogen) atoms. The highest BCUT2D eigenvalue weighted by molar-refractivity contribution is 5.93.